The van der Waals surface area contributed by atoms with Gasteiger partial charge >= 0.3 is 0 Å². The van der Waals surface area contributed by atoms with Crippen LogP contribution in [-0.4, -0.2) is 25.6 Å². The molecule has 0 radical (unpaired) electrons. The molecule has 0 N–H and O–H groups in total. The molecule has 0 saturated heterocycles. The molecule has 0 amide bonds. The Morgan fingerprint density at radius 3 is 2.00 bits per heavy atom. The maximum absolute atomic E-state index is 2.21. The predicted octanol–water partition coefficient (Wildman–Crippen LogP) is 1.90. The number of hydrogen-bond donors (Lipinski definition) is 0. The first-order valence-electron chi connectivity index (χ1n) is 3.80. The first kappa shape index (κ1) is 8.15. The molecule has 11 heavy (non-hydrogen) atoms. The van der Waals surface area contributed by atoms with Crippen molar-refractivity contribution in [3.8, 4) is 0 Å². The summed E-state index contributed by atoms with van der Waals surface area (Å²) in [5, 5.41) is 0. The van der Waals surface area contributed by atoms with Gasteiger partial charge in [-0.25, -0.2) is 0 Å². The SMILES string of the molecule is C[N+](C)(C)[CH-]c1ccccc1. The highest BCUT2D eigenvalue weighted by Crippen LogP contribution is 2.07. The minimum Gasteiger partial charge on any atom is -0.353 e. The van der Waals surface area contributed by atoms with Crippen LogP contribution in [0.5, 0.6) is 0 Å². The van der Waals surface area contributed by atoms with Gasteiger partial charge in [0.2, 0.25) is 0 Å². The smallest absolute Gasteiger partial charge is 0.0627 e. The average molecular weight is 149 g/mol. The second-order valence-corrected chi connectivity index (χ2v) is 3.66. The summed E-state index contributed by atoms with van der Waals surface area (Å²) in [5.74, 6) is 0. The average Bonchev–Trinajstić information content (AvgIpc) is 1.85. The summed E-state index contributed by atoms with van der Waals surface area (Å²) < 4.78 is 0.865. The highest BCUT2D eigenvalue weighted by molar-refractivity contribution is 5.19. The molecule has 1 aromatic rings. The van der Waals surface area contributed by atoms with Crippen LogP contribution >= 0.6 is 0 Å². The summed E-state index contributed by atoms with van der Waals surface area (Å²) in [5.41, 5.74) is 1.28. The lowest BCUT2D eigenvalue weighted by Gasteiger charge is -2.28. The van der Waals surface area contributed by atoms with Crippen LogP contribution < -0.4 is 0 Å². The Kier molecular flexibility index (Phi) is 2.20. The van der Waals surface area contributed by atoms with E-state index in [9.17, 15) is 0 Å². The standard InChI is InChI=1S/C10H15N/c1-11(2,3)9-10-7-5-4-6-8-10/h4-9H,1-3H3. The Bertz CT molecular complexity index is 208. The molecular formula is C10H15N. The van der Waals surface area contributed by atoms with Crippen molar-refractivity contribution in [2.24, 2.45) is 0 Å². The maximum atomic E-state index is 2.21. The van der Waals surface area contributed by atoms with Gasteiger partial charge in [-0.15, -0.1) is 17.7 Å². The Labute approximate surface area is 68.9 Å². The Morgan fingerprint density at radius 1 is 1.00 bits per heavy atom. The number of benzene rings is 1. The van der Waals surface area contributed by atoms with Gasteiger partial charge in [-0.1, -0.05) is 6.07 Å². The van der Waals surface area contributed by atoms with Crippen LogP contribution in [-0.2, 0) is 0 Å². The molecule has 0 aliphatic carbocycles. The third-order valence-corrected chi connectivity index (χ3v) is 1.34. The van der Waals surface area contributed by atoms with Gasteiger partial charge in [-0.2, -0.15) is 12.1 Å². The molecule has 60 valence electrons. The molecule has 1 nitrogen and oxygen atoms in total. The normalized spacial score (nSPS) is 11.2. The zero-order chi connectivity index (χ0) is 8.32. The molecule has 0 saturated carbocycles. The molecule has 0 aliphatic heterocycles. The molecule has 0 fully saturated rings. The molecule has 0 aromatic heterocycles. The predicted molar refractivity (Wildman–Crippen MR) is 47.9 cm³/mol. The molecule has 0 aliphatic rings. The quantitative estimate of drug-likeness (QED) is 0.445. The first-order valence-corrected chi connectivity index (χ1v) is 3.80. The van der Waals surface area contributed by atoms with E-state index in [1.165, 1.54) is 5.56 Å². The van der Waals surface area contributed by atoms with Crippen molar-refractivity contribution in [2.75, 3.05) is 21.1 Å². The topological polar surface area (TPSA) is 0 Å². The molecular weight excluding hydrogens is 134 g/mol. The van der Waals surface area contributed by atoms with Crippen molar-refractivity contribution in [1.29, 1.82) is 0 Å². The Morgan fingerprint density at radius 2 is 1.55 bits per heavy atom. The molecule has 1 aromatic carbocycles. The monoisotopic (exact) mass is 149 g/mol. The van der Waals surface area contributed by atoms with E-state index in [1.54, 1.807) is 0 Å². The van der Waals surface area contributed by atoms with E-state index in [0.717, 1.165) is 4.48 Å². The minimum absolute atomic E-state index is 0.865. The van der Waals surface area contributed by atoms with Gasteiger partial charge in [-0.05, 0) is 6.54 Å². The minimum atomic E-state index is 0.865. The number of quaternary nitrogens is 1. The largest absolute Gasteiger partial charge is 0.353 e. The molecule has 0 bridgehead atoms. The van der Waals surface area contributed by atoms with Crippen LogP contribution in [0.2, 0.25) is 0 Å². The van der Waals surface area contributed by atoms with Crippen LogP contribution in [0.3, 0.4) is 0 Å². The fourth-order valence-corrected chi connectivity index (χ4v) is 0.986. The lowest BCUT2D eigenvalue weighted by Crippen LogP contribution is -2.31. The van der Waals surface area contributed by atoms with Crippen molar-refractivity contribution in [1.82, 2.24) is 0 Å². The Hall–Kier alpha value is -0.950. The summed E-state index contributed by atoms with van der Waals surface area (Å²) in [6.07, 6.45) is 0. The van der Waals surface area contributed by atoms with E-state index in [1.807, 2.05) is 6.07 Å². The van der Waals surface area contributed by atoms with E-state index in [2.05, 4.69) is 52.0 Å². The van der Waals surface area contributed by atoms with E-state index in [0.29, 0.717) is 0 Å². The van der Waals surface area contributed by atoms with Crippen molar-refractivity contribution >= 4 is 0 Å². The van der Waals surface area contributed by atoms with E-state index in [4.69, 9.17) is 0 Å². The maximum Gasteiger partial charge on any atom is 0.0627 e. The van der Waals surface area contributed by atoms with Crippen LogP contribution in [0.4, 0.5) is 0 Å². The van der Waals surface area contributed by atoms with Gasteiger partial charge in [0.25, 0.3) is 0 Å². The fourth-order valence-electron chi connectivity index (χ4n) is 0.986. The van der Waals surface area contributed by atoms with Crippen molar-refractivity contribution in [2.45, 2.75) is 0 Å². The number of nitrogens with zero attached hydrogens (tertiary/aromatic N) is 1. The molecule has 1 rings (SSSR count). The highest BCUT2D eigenvalue weighted by Gasteiger charge is 2.00. The fraction of sp³-hybridized carbons (Fsp3) is 0.300. The number of rotatable bonds is 2. The summed E-state index contributed by atoms with van der Waals surface area (Å²) in [6.45, 7) is 2.21. The van der Waals surface area contributed by atoms with Gasteiger partial charge in [0.1, 0.15) is 0 Å². The van der Waals surface area contributed by atoms with E-state index < -0.39 is 0 Å². The summed E-state index contributed by atoms with van der Waals surface area (Å²) in [7, 11) is 6.44. The van der Waals surface area contributed by atoms with E-state index in [-0.39, 0.29) is 0 Å². The molecule has 0 heterocycles. The summed E-state index contributed by atoms with van der Waals surface area (Å²) >= 11 is 0. The number of hydrogen-bond acceptors (Lipinski definition) is 0. The van der Waals surface area contributed by atoms with Crippen LogP contribution in [0.25, 0.3) is 0 Å². The Balaban J connectivity index is 2.66. The van der Waals surface area contributed by atoms with Gasteiger partial charge in [-0.3, -0.25) is 0 Å². The van der Waals surface area contributed by atoms with Gasteiger partial charge in [0, 0.05) is 0 Å². The van der Waals surface area contributed by atoms with E-state index >= 15 is 0 Å². The molecule has 0 unspecified atom stereocenters. The summed E-state index contributed by atoms with van der Waals surface area (Å²) in [6, 6.07) is 10.4. The van der Waals surface area contributed by atoms with Crippen molar-refractivity contribution < 1.29 is 4.48 Å². The van der Waals surface area contributed by atoms with Crippen LogP contribution in [0, 0.1) is 6.54 Å². The van der Waals surface area contributed by atoms with Crippen LogP contribution in [0.15, 0.2) is 30.3 Å². The van der Waals surface area contributed by atoms with Crippen LogP contribution in [0.1, 0.15) is 5.56 Å². The molecule has 0 atom stereocenters. The van der Waals surface area contributed by atoms with Gasteiger partial charge in [0.15, 0.2) is 0 Å². The first-order chi connectivity index (χ1) is 5.08. The third-order valence-electron chi connectivity index (χ3n) is 1.34. The summed E-state index contributed by atoms with van der Waals surface area (Å²) in [4.78, 5) is 0. The third kappa shape index (κ3) is 3.10. The van der Waals surface area contributed by atoms with Gasteiger partial charge < -0.3 is 4.48 Å². The lowest BCUT2D eigenvalue weighted by atomic mass is 10.2. The molecule has 1 heteroatoms. The zero-order valence-electron chi connectivity index (χ0n) is 7.41. The van der Waals surface area contributed by atoms with Crippen molar-refractivity contribution in [3.63, 3.8) is 0 Å². The second kappa shape index (κ2) is 2.97. The van der Waals surface area contributed by atoms with Gasteiger partial charge in [0.05, 0.1) is 21.1 Å². The zero-order valence-corrected chi connectivity index (χ0v) is 7.41. The van der Waals surface area contributed by atoms with Crippen molar-refractivity contribution in [3.05, 3.63) is 42.4 Å². The second-order valence-electron chi connectivity index (χ2n) is 3.66. The highest BCUT2D eigenvalue weighted by atomic mass is 15.3. The molecule has 0 spiro atoms. The lowest BCUT2D eigenvalue weighted by molar-refractivity contribution is -0.836.